The number of likely N-dealkylation sites (tertiary alicyclic amines) is 1. The third kappa shape index (κ3) is 3.76. The van der Waals surface area contributed by atoms with Crippen molar-refractivity contribution in [1.29, 1.82) is 0 Å². The zero-order valence-corrected chi connectivity index (χ0v) is 17.7. The number of ether oxygens (including phenoxy) is 1. The van der Waals surface area contributed by atoms with Gasteiger partial charge in [0.25, 0.3) is 11.5 Å². The van der Waals surface area contributed by atoms with E-state index in [0.29, 0.717) is 31.2 Å². The van der Waals surface area contributed by atoms with Crippen molar-refractivity contribution in [2.45, 2.75) is 38.8 Å². The number of piperidine rings is 1. The Kier molecular flexibility index (Phi) is 4.88. The maximum atomic E-state index is 13.2. The van der Waals surface area contributed by atoms with Crippen molar-refractivity contribution in [2.24, 2.45) is 5.92 Å². The maximum absolute atomic E-state index is 13.2. The van der Waals surface area contributed by atoms with E-state index in [-0.39, 0.29) is 23.5 Å². The summed E-state index contributed by atoms with van der Waals surface area (Å²) in [5, 5.41) is 7.27. The van der Waals surface area contributed by atoms with Crippen LogP contribution in [0.4, 0.5) is 0 Å². The summed E-state index contributed by atoms with van der Waals surface area (Å²) in [6.45, 7) is 5.94. The van der Waals surface area contributed by atoms with Crippen molar-refractivity contribution < 1.29 is 9.53 Å². The Balaban J connectivity index is 1.33. The van der Waals surface area contributed by atoms with Crippen LogP contribution in [0.25, 0.3) is 11.3 Å². The summed E-state index contributed by atoms with van der Waals surface area (Å²) in [6.07, 6.45) is 1.14. The van der Waals surface area contributed by atoms with E-state index in [4.69, 9.17) is 4.74 Å². The smallest absolute Gasteiger partial charge is 0.271 e. The van der Waals surface area contributed by atoms with Gasteiger partial charge in [0, 0.05) is 42.9 Å². The van der Waals surface area contributed by atoms with E-state index in [1.54, 1.807) is 6.07 Å². The fraction of sp³-hybridized carbons (Fsp3) is 0.375. The summed E-state index contributed by atoms with van der Waals surface area (Å²) in [5.41, 5.74) is 3.23. The first-order chi connectivity index (χ1) is 15.0. The molecule has 1 unspecified atom stereocenters. The van der Waals surface area contributed by atoms with Crippen molar-refractivity contribution in [1.82, 2.24) is 19.7 Å². The number of H-pyrrole nitrogens is 1. The summed E-state index contributed by atoms with van der Waals surface area (Å²) in [6, 6.07) is 15.0. The lowest BCUT2D eigenvalue weighted by Gasteiger charge is -2.42. The second kappa shape index (κ2) is 7.72. The molecule has 1 aromatic carbocycles. The van der Waals surface area contributed by atoms with Crippen LogP contribution < -0.4 is 10.3 Å². The van der Waals surface area contributed by atoms with E-state index in [0.717, 1.165) is 29.1 Å². The molecule has 2 atom stereocenters. The summed E-state index contributed by atoms with van der Waals surface area (Å²) < 4.78 is 7.56. The number of carbonyl (C=O) groups excluding carboxylic acids is 1. The van der Waals surface area contributed by atoms with Crippen molar-refractivity contribution in [2.75, 3.05) is 13.1 Å². The molecule has 1 N–H and O–H groups in total. The standard InChI is InChI=1S/C24H26N4O3/c1-15(2)31-19-8-6-17(7-9-19)20-11-21(26-25-20)24(30)27-12-16-10-18(14-27)22-4-3-5-23(29)28(22)13-16/h3-9,11,15-16,18H,10,12-14H2,1-2H3,(H,25,26)/t16?,18-/m0/s1. The Bertz CT molecular complexity index is 1160. The molecule has 1 amide bonds. The number of nitrogens with one attached hydrogen (secondary N) is 1. The van der Waals surface area contributed by atoms with Crippen LogP contribution in [0, 0.1) is 5.92 Å². The molecule has 2 bridgehead atoms. The monoisotopic (exact) mass is 418 g/mol. The van der Waals surface area contributed by atoms with Crippen LogP contribution in [0.1, 0.15) is 42.4 Å². The molecule has 0 radical (unpaired) electrons. The van der Waals surface area contributed by atoms with E-state index in [1.807, 2.05) is 65.8 Å². The Labute approximate surface area is 180 Å². The maximum Gasteiger partial charge on any atom is 0.271 e. The van der Waals surface area contributed by atoms with Gasteiger partial charge in [-0.2, -0.15) is 5.10 Å². The highest BCUT2D eigenvalue weighted by Gasteiger charge is 2.36. The molecule has 1 saturated heterocycles. The lowest BCUT2D eigenvalue weighted by Crippen LogP contribution is -2.49. The summed E-state index contributed by atoms with van der Waals surface area (Å²) in [4.78, 5) is 27.3. The fourth-order valence-electron chi connectivity index (χ4n) is 4.79. The van der Waals surface area contributed by atoms with E-state index in [9.17, 15) is 9.59 Å². The van der Waals surface area contributed by atoms with E-state index in [2.05, 4.69) is 10.2 Å². The van der Waals surface area contributed by atoms with Gasteiger partial charge in [-0.3, -0.25) is 14.7 Å². The first-order valence-electron chi connectivity index (χ1n) is 10.8. The second-order valence-corrected chi connectivity index (χ2v) is 8.77. The number of aromatic nitrogens is 3. The number of amides is 1. The average Bonchev–Trinajstić information content (AvgIpc) is 3.24. The predicted octanol–water partition coefficient (Wildman–Crippen LogP) is 3.29. The topological polar surface area (TPSA) is 80.2 Å². The molecule has 0 aliphatic carbocycles. The van der Waals surface area contributed by atoms with Gasteiger partial charge in [0.05, 0.1) is 11.8 Å². The second-order valence-electron chi connectivity index (χ2n) is 8.77. The van der Waals surface area contributed by atoms with E-state index in [1.165, 1.54) is 0 Å². The predicted molar refractivity (Wildman–Crippen MR) is 117 cm³/mol. The van der Waals surface area contributed by atoms with Gasteiger partial charge in [-0.25, -0.2) is 0 Å². The Morgan fingerprint density at radius 1 is 1.13 bits per heavy atom. The van der Waals surface area contributed by atoms with Crippen LogP contribution in [0.3, 0.4) is 0 Å². The van der Waals surface area contributed by atoms with Gasteiger partial charge in [0.15, 0.2) is 0 Å². The molecule has 2 aromatic heterocycles. The zero-order valence-electron chi connectivity index (χ0n) is 17.7. The third-order valence-corrected chi connectivity index (χ3v) is 6.10. The molecule has 31 heavy (non-hydrogen) atoms. The lowest BCUT2D eigenvalue weighted by molar-refractivity contribution is 0.0588. The number of rotatable bonds is 4. The van der Waals surface area contributed by atoms with Crippen LogP contribution in [-0.4, -0.2) is 44.8 Å². The highest BCUT2D eigenvalue weighted by atomic mass is 16.5. The van der Waals surface area contributed by atoms with Crippen LogP contribution >= 0.6 is 0 Å². The van der Waals surface area contributed by atoms with E-state index < -0.39 is 0 Å². The normalized spacial score (nSPS) is 19.9. The highest BCUT2D eigenvalue weighted by Crippen LogP contribution is 2.35. The van der Waals surface area contributed by atoms with Crippen molar-refractivity contribution in [3.05, 3.63) is 70.3 Å². The number of aromatic amines is 1. The van der Waals surface area contributed by atoms with E-state index >= 15 is 0 Å². The molecule has 5 rings (SSSR count). The Hall–Kier alpha value is -3.35. The Morgan fingerprint density at radius 2 is 1.94 bits per heavy atom. The number of hydrogen-bond donors (Lipinski definition) is 1. The van der Waals surface area contributed by atoms with Crippen molar-refractivity contribution >= 4 is 5.91 Å². The summed E-state index contributed by atoms with van der Waals surface area (Å²) in [7, 11) is 0. The van der Waals surface area contributed by atoms with Crippen molar-refractivity contribution in [3.8, 4) is 17.0 Å². The van der Waals surface area contributed by atoms with Crippen LogP contribution in [0.2, 0.25) is 0 Å². The Morgan fingerprint density at radius 3 is 2.71 bits per heavy atom. The largest absolute Gasteiger partial charge is 0.491 e. The number of fused-ring (bicyclic) bond motifs is 4. The first kappa shape index (κ1) is 19.6. The van der Waals surface area contributed by atoms with Gasteiger partial charge in [0.2, 0.25) is 0 Å². The number of carbonyl (C=O) groups is 1. The summed E-state index contributed by atoms with van der Waals surface area (Å²) in [5.74, 6) is 1.26. The molecule has 7 heteroatoms. The molecule has 2 aliphatic rings. The highest BCUT2D eigenvalue weighted by molar-refractivity contribution is 5.93. The zero-order chi connectivity index (χ0) is 21.5. The van der Waals surface area contributed by atoms with Crippen LogP contribution in [0.15, 0.2) is 53.3 Å². The number of pyridine rings is 1. The SMILES string of the molecule is CC(C)Oc1ccc(-c2cc(C(=O)N3CC4C[C@@H](C3)c3cccc(=O)n3C4)[nH]n2)cc1. The van der Waals surface area contributed by atoms with Gasteiger partial charge < -0.3 is 14.2 Å². The number of nitrogens with zero attached hydrogens (tertiary/aromatic N) is 3. The minimum Gasteiger partial charge on any atom is -0.491 e. The fourth-order valence-corrected chi connectivity index (χ4v) is 4.79. The average molecular weight is 418 g/mol. The molecule has 160 valence electrons. The van der Waals surface area contributed by atoms with Gasteiger partial charge in [-0.05, 0) is 62.6 Å². The molecular weight excluding hydrogens is 392 g/mol. The van der Waals surface area contributed by atoms with Crippen LogP contribution in [0.5, 0.6) is 5.75 Å². The molecule has 0 saturated carbocycles. The molecule has 1 fully saturated rings. The molecule has 2 aliphatic heterocycles. The molecule has 4 heterocycles. The molecule has 3 aromatic rings. The minimum atomic E-state index is -0.0417. The van der Waals surface area contributed by atoms with Gasteiger partial charge >= 0.3 is 0 Å². The lowest BCUT2D eigenvalue weighted by atomic mass is 9.83. The first-order valence-corrected chi connectivity index (χ1v) is 10.8. The molecule has 0 spiro atoms. The summed E-state index contributed by atoms with van der Waals surface area (Å²) >= 11 is 0. The van der Waals surface area contributed by atoms with Gasteiger partial charge in [-0.1, -0.05) is 6.07 Å². The molecular formula is C24H26N4O3. The van der Waals surface area contributed by atoms with Gasteiger partial charge in [-0.15, -0.1) is 0 Å². The van der Waals surface area contributed by atoms with Crippen molar-refractivity contribution in [3.63, 3.8) is 0 Å². The molecule has 7 nitrogen and oxygen atoms in total. The van der Waals surface area contributed by atoms with Crippen LogP contribution in [-0.2, 0) is 6.54 Å². The minimum absolute atomic E-state index is 0.0417. The third-order valence-electron chi connectivity index (χ3n) is 6.10. The quantitative estimate of drug-likeness (QED) is 0.705. The number of benzene rings is 1. The van der Waals surface area contributed by atoms with Gasteiger partial charge in [0.1, 0.15) is 11.4 Å². The number of hydrogen-bond acceptors (Lipinski definition) is 4.